The standard InChI is InChI=1S/C12H20N2S/c1-9(3-6-13)14-7-4-12-11(10(14)2)5-8-15-12/h5,8-10H,3-4,6-7,13H2,1-2H3. The molecule has 2 rings (SSSR count). The van der Waals surface area contributed by atoms with Gasteiger partial charge in [0.1, 0.15) is 0 Å². The van der Waals surface area contributed by atoms with Gasteiger partial charge in [0.25, 0.3) is 0 Å². The predicted molar refractivity (Wildman–Crippen MR) is 66.3 cm³/mol. The van der Waals surface area contributed by atoms with Crippen molar-refractivity contribution in [3.63, 3.8) is 0 Å². The van der Waals surface area contributed by atoms with Gasteiger partial charge in [-0.2, -0.15) is 0 Å². The molecule has 15 heavy (non-hydrogen) atoms. The van der Waals surface area contributed by atoms with Crippen LogP contribution in [0, 0.1) is 0 Å². The van der Waals surface area contributed by atoms with Gasteiger partial charge in [0.2, 0.25) is 0 Å². The quantitative estimate of drug-likeness (QED) is 0.854. The smallest absolute Gasteiger partial charge is 0.0333 e. The summed E-state index contributed by atoms with van der Waals surface area (Å²) in [5.74, 6) is 0. The molecular weight excluding hydrogens is 204 g/mol. The molecular formula is C12H20N2S. The van der Waals surface area contributed by atoms with E-state index in [0.29, 0.717) is 12.1 Å². The third-order valence-corrected chi connectivity index (χ3v) is 4.47. The van der Waals surface area contributed by atoms with Crippen molar-refractivity contribution in [2.24, 2.45) is 5.73 Å². The molecule has 84 valence electrons. The Hall–Kier alpha value is -0.380. The second-order valence-electron chi connectivity index (χ2n) is 4.39. The lowest BCUT2D eigenvalue weighted by molar-refractivity contribution is 0.140. The Kier molecular flexibility index (Phi) is 3.44. The zero-order valence-electron chi connectivity index (χ0n) is 9.57. The number of nitrogens with two attached hydrogens (primary N) is 1. The topological polar surface area (TPSA) is 29.3 Å². The van der Waals surface area contributed by atoms with Crippen molar-refractivity contribution in [1.82, 2.24) is 4.90 Å². The molecule has 0 aromatic carbocycles. The fourth-order valence-electron chi connectivity index (χ4n) is 2.54. The number of hydrogen-bond donors (Lipinski definition) is 1. The van der Waals surface area contributed by atoms with Crippen molar-refractivity contribution in [1.29, 1.82) is 0 Å². The summed E-state index contributed by atoms with van der Waals surface area (Å²) >= 11 is 1.90. The molecule has 0 amide bonds. The Morgan fingerprint density at radius 1 is 1.67 bits per heavy atom. The highest BCUT2D eigenvalue weighted by atomic mass is 32.1. The van der Waals surface area contributed by atoms with Crippen molar-refractivity contribution in [2.75, 3.05) is 13.1 Å². The first kappa shape index (κ1) is 11.1. The summed E-state index contributed by atoms with van der Waals surface area (Å²) < 4.78 is 0. The molecule has 1 aromatic heterocycles. The van der Waals surface area contributed by atoms with Gasteiger partial charge in [-0.1, -0.05) is 0 Å². The van der Waals surface area contributed by atoms with Gasteiger partial charge in [-0.25, -0.2) is 0 Å². The van der Waals surface area contributed by atoms with E-state index in [1.54, 1.807) is 4.88 Å². The van der Waals surface area contributed by atoms with Gasteiger partial charge >= 0.3 is 0 Å². The number of hydrogen-bond acceptors (Lipinski definition) is 3. The van der Waals surface area contributed by atoms with Crippen LogP contribution in [-0.4, -0.2) is 24.0 Å². The van der Waals surface area contributed by atoms with Gasteiger partial charge in [0.15, 0.2) is 0 Å². The summed E-state index contributed by atoms with van der Waals surface area (Å²) in [6, 6.07) is 3.46. The summed E-state index contributed by atoms with van der Waals surface area (Å²) in [5, 5.41) is 2.22. The normalized spacial score (nSPS) is 23.8. The molecule has 2 unspecified atom stereocenters. The van der Waals surface area contributed by atoms with Crippen molar-refractivity contribution in [3.05, 3.63) is 21.9 Å². The fourth-order valence-corrected chi connectivity index (χ4v) is 3.50. The monoisotopic (exact) mass is 224 g/mol. The summed E-state index contributed by atoms with van der Waals surface area (Å²) in [6.07, 6.45) is 2.32. The molecule has 2 heterocycles. The van der Waals surface area contributed by atoms with Gasteiger partial charge in [-0.3, -0.25) is 4.90 Å². The van der Waals surface area contributed by atoms with Crippen LogP contribution in [0.4, 0.5) is 0 Å². The van der Waals surface area contributed by atoms with E-state index in [1.165, 1.54) is 18.5 Å². The van der Waals surface area contributed by atoms with E-state index in [0.717, 1.165) is 13.0 Å². The molecule has 0 fully saturated rings. The van der Waals surface area contributed by atoms with Gasteiger partial charge in [-0.05, 0) is 50.2 Å². The van der Waals surface area contributed by atoms with Crippen LogP contribution >= 0.6 is 11.3 Å². The summed E-state index contributed by atoms with van der Waals surface area (Å²) in [4.78, 5) is 4.17. The fraction of sp³-hybridized carbons (Fsp3) is 0.667. The van der Waals surface area contributed by atoms with Gasteiger partial charge < -0.3 is 5.73 Å². The molecule has 2 N–H and O–H groups in total. The first-order valence-corrected chi connectivity index (χ1v) is 6.64. The van der Waals surface area contributed by atoms with Crippen molar-refractivity contribution >= 4 is 11.3 Å². The first-order valence-electron chi connectivity index (χ1n) is 5.76. The maximum absolute atomic E-state index is 5.63. The largest absolute Gasteiger partial charge is 0.330 e. The number of fused-ring (bicyclic) bond motifs is 1. The minimum atomic E-state index is 0.571. The highest BCUT2D eigenvalue weighted by Crippen LogP contribution is 2.34. The lowest BCUT2D eigenvalue weighted by Crippen LogP contribution is -2.40. The van der Waals surface area contributed by atoms with Crippen LogP contribution in [0.2, 0.25) is 0 Å². The second-order valence-corrected chi connectivity index (χ2v) is 5.39. The molecule has 1 aliphatic rings. The van der Waals surface area contributed by atoms with E-state index < -0.39 is 0 Å². The Bertz CT molecular complexity index is 321. The SMILES string of the molecule is CC(CCN)N1CCc2sccc2C1C. The second kappa shape index (κ2) is 4.64. The van der Waals surface area contributed by atoms with E-state index >= 15 is 0 Å². The van der Waals surface area contributed by atoms with Crippen LogP contribution in [0.15, 0.2) is 11.4 Å². The van der Waals surface area contributed by atoms with Crippen LogP contribution in [0.25, 0.3) is 0 Å². The molecule has 0 bridgehead atoms. The molecule has 1 aliphatic heterocycles. The molecule has 2 nitrogen and oxygen atoms in total. The molecule has 0 aliphatic carbocycles. The van der Waals surface area contributed by atoms with Crippen molar-refractivity contribution in [3.8, 4) is 0 Å². The summed E-state index contributed by atoms with van der Waals surface area (Å²) in [7, 11) is 0. The zero-order chi connectivity index (χ0) is 10.8. The van der Waals surface area contributed by atoms with Crippen LogP contribution in [0.1, 0.15) is 36.8 Å². The van der Waals surface area contributed by atoms with Crippen LogP contribution in [0.5, 0.6) is 0 Å². The Morgan fingerprint density at radius 3 is 3.20 bits per heavy atom. The Labute approximate surface area is 96.1 Å². The average Bonchev–Trinajstić information content (AvgIpc) is 2.67. The zero-order valence-corrected chi connectivity index (χ0v) is 10.4. The molecule has 2 atom stereocenters. The van der Waals surface area contributed by atoms with E-state index in [1.807, 2.05) is 11.3 Å². The Morgan fingerprint density at radius 2 is 2.47 bits per heavy atom. The van der Waals surface area contributed by atoms with E-state index in [2.05, 4.69) is 30.2 Å². The molecule has 1 aromatic rings. The summed E-state index contributed by atoms with van der Waals surface area (Å²) in [6.45, 7) is 6.59. The third kappa shape index (κ3) is 2.10. The molecule has 0 spiro atoms. The highest BCUT2D eigenvalue weighted by molar-refractivity contribution is 7.10. The van der Waals surface area contributed by atoms with Gasteiger partial charge in [0.05, 0.1) is 0 Å². The molecule has 0 radical (unpaired) electrons. The maximum Gasteiger partial charge on any atom is 0.0333 e. The predicted octanol–water partition coefficient (Wildman–Crippen LogP) is 2.40. The van der Waals surface area contributed by atoms with Crippen molar-refractivity contribution < 1.29 is 0 Å². The highest BCUT2D eigenvalue weighted by Gasteiger charge is 2.27. The number of thiophene rings is 1. The van der Waals surface area contributed by atoms with Gasteiger partial charge in [0, 0.05) is 23.5 Å². The van der Waals surface area contributed by atoms with Crippen LogP contribution in [0.3, 0.4) is 0 Å². The minimum absolute atomic E-state index is 0.571. The minimum Gasteiger partial charge on any atom is -0.330 e. The Balaban J connectivity index is 2.12. The van der Waals surface area contributed by atoms with Crippen molar-refractivity contribution in [2.45, 2.75) is 38.8 Å². The molecule has 3 heteroatoms. The first-order chi connectivity index (χ1) is 7.24. The van der Waals surface area contributed by atoms with Gasteiger partial charge in [-0.15, -0.1) is 11.3 Å². The average molecular weight is 224 g/mol. The summed E-state index contributed by atoms with van der Waals surface area (Å²) in [5.41, 5.74) is 7.17. The lowest BCUT2D eigenvalue weighted by Gasteiger charge is -2.38. The molecule has 0 saturated carbocycles. The van der Waals surface area contributed by atoms with Crippen LogP contribution < -0.4 is 5.73 Å². The van der Waals surface area contributed by atoms with E-state index in [9.17, 15) is 0 Å². The number of rotatable bonds is 3. The number of nitrogens with zero attached hydrogens (tertiary/aromatic N) is 1. The van der Waals surface area contributed by atoms with E-state index in [4.69, 9.17) is 5.73 Å². The maximum atomic E-state index is 5.63. The van der Waals surface area contributed by atoms with E-state index in [-0.39, 0.29) is 0 Å². The third-order valence-electron chi connectivity index (χ3n) is 3.48. The molecule has 0 saturated heterocycles. The lowest BCUT2D eigenvalue weighted by atomic mass is 9.99. The van der Waals surface area contributed by atoms with Crippen LogP contribution in [-0.2, 0) is 6.42 Å².